The molecule has 0 fully saturated rings. The number of hydrogen-bond donors (Lipinski definition) is 2. The van der Waals surface area contributed by atoms with Crippen LogP contribution in [0.5, 0.6) is 0 Å². The topological polar surface area (TPSA) is 155 Å². The molecule has 11 nitrogen and oxygen atoms in total. The quantitative estimate of drug-likeness (QED) is 0.0197. The Labute approximate surface area is 452 Å². The van der Waals surface area contributed by atoms with Crippen LogP contribution in [0.3, 0.4) is 0 Å². The van der Waals surface area contributed by atoms with Gasteiger partial charge in [0.25, 0.3) is 0 Å². The molecule has 0 aromatic carbocycles. The maximum Gasteiger partial charge on any atom is 0.472 e. The number of phosphoric ester groups is 1. The number of esters is 3. The van der Waals surface area contributed by atoms with Gasteiger partial charge in [-0.15, -0.1) is 0 Å². The summed E-state index contributed by atoms with van der Waals surface area (Å²) in [4.78, 5) is 48.6. The summed E-state index contributed by atoms with van der Waals surface area (Å²) in [6.45, 7) is 4.48. The highest BCUT2D eigenvalue weighted by Crippen LogP contribution is 2.43. The molecule has 0 radical (unpaired) electrons. The molecule has 0 aromatic heterocycles. The Morgan fingerprint density at radius 1 is 0.392 bits per heavy atom. The first-order chi connectivity index (χ1) is 36.2. The molecule has 12 heteroatoms. The number of carbonyl (C=O) groups is 3. The molecule has 428 valence electrons. The number of ether oxygens (including phenoxy) is 3. The van der Waals surface area contributed by atoms with Gasteiger partial charge in [0.2, 0.25) is 0 Å². The first-order valence-corrected chi connectivity index (χ1v) is 31.3. The van der Waals surface area contributed by atoms with Crippen LogP contribution in [-0.4, -0.2) is 66.5 Å². The van der Waals surface area contributed by atoms with Crippen LogP contribution < -0.4 is 0 Å². The lowest BCUT2D eigenvalue weighted by molar-refractivity contribution is -0.161. The normalized spacial score (nSPS) is 13.9. The predicted octanol–water partition coefficient (Wildman–Crippen LogP) is 17.7. The van der Waals surface area contributed by atoms with Crippen LogP contribution in [-0.2, 0) is 42.2 Å². The highest BCUT2D eigenvalue weighted by molar-refractivity contribution is 7.47. The van der Waals surface area contributed by atoms with E-state index in [2.05, 4.69) is 93.7 Å². The average Bonchev–Trinajstić information content (AvgIpc) is 3.39. The second-order valence-corrected chi connectivity index (χ2v) is 21.2. The van der Waals surface area contributed by atoms with Crippen molar-refractivity contribution < 1.29 is 52.2 Å². The van der Waals surface area contributed by atoms with E-state index in [4.69, 9.17) is 23.3 Å². The average molecular weight is 1060 g/mol. The van der Waals surface area contributed by atoms with Crippen molar-refractivity contribution in [2.24, 2.45) is 0 Å². The lowest BCUT2D eigenvalue weighted by Gasteiger charge is -2.21. The van der Waals surface area contributed by atoms with Gasteiger partial charge >= 0.3 is 25.7 Å². The largest absolute Gasteiger partial charge is 0.472 e. The second-order valence-electron chi connectivity index (χ2n) is 19.8. The molecule has 0 bridgehead atoms. The Morgan fingerprint density at radius 3 is 1.12 bits per heavy atom. The lowest BCUT2D eigenvalue weighted by atomic mass is 10.1. The number of carbonyl (C=O) groups excluding carboxylic acids is 3. The molecule has 0 aromatic rings. The summed E-state index contributed by atoms with van der Waals surface area (Å²) in [5, 5.41) is 9.82. The molecule has 0 saturated carbocycles. The van der Waals surface area contributed by atoms with Gasteiger partial charge in [-0.2, -0.15) is 0 Å². The van der Waals surface area contributed by atoms with E-state index in [0.29, 0.717) is 19.3 Å². The van der Waals surface area contributed by atoms with Crippen LogP contribution >= 0.6 is 7.82 Å². The fourth-order valence-corrected chi connectivity index (χ4v) is 8.83. The third-order valence-corrected chi connectivity index (χ3v) is 13.5. The minimum absolute atomic E-state index is 0.156. The first-order valence-electron chi connectivity index (χ1n) is 29.8. The molecule has 0 rings (SSSR count). The zero-order valence-electron chi connectivity index (χ0n) is 47.3. The highest BCUT2D eigenvalue weighted by Gasteiger charge is 2.28. The monoisotopic (exact) mass is 1060 g/mol. The van der Waals surface area contributed by atoms with Crippen LogP contribution in [0.15, 0.2) is 72.9 Å². The van der Waals surface area contributed by atoms with Gasteiger partial charge in [0.15, 0.2) is 6.10 Å². The molecule has 74 heavy (non-hydrogen) atoms. The van der Waals surface area contributed by atoms with Crippen molar-refractivity contribution in [3.63, 3.8) is 0 Å². The van der Waals surface area contributed by atoms with E-state index in [0.717, 1.165) is 128 Å². The van der Waals surface area contributed by atoms with Gasteiger partial charge in [0.1, 0.15) is 12.7 Å². The Balaban J connectivity index is 4.75. The van der Waals surface area contributed by atoms with Crippen molar-refractivity contribution in [3.8, 4) is 0 Å². The van der Waals surface area contributed by atoms with E-state index in [-0.39, 0.29) is 25.9 Å². The molecule has 3 unspecified atom stereocenters. The molecule has 0 aliphatic carbocycles. The summed E-state index contributed by atoms with van der Waals surface area (Å²) in [6, 6.07) is 0. The molecular weight excluding hydrogens is 952 g/mol. The number of unbranched alkanes of at least 4 members (excludes halogenated alkanes) is 26. The summed E-state index contributed by atoms with van der Waals surface area (Å²) >= 11 is 0. The maximum atomic E-state index is 12.9. The number of allylic oxidation sites excluding steroid dienone is 12. The fraction of sp³-hybridized carbons (Fsp3) is 0.758. The van der Waals surface area contributed by atoms with E-state index in [1.165, 1.54) is 77.0 Å². The summed E-state index contributed by atoms with van der Waals surface area (Å²) in [6.07, 6.45) is 62.8. The Bertz CT molecular complexity index is 1520. The SMILES string of the molecule is CC/C=C\C/C=C\C/C=C\CCCCCCCC(=O)OCC(COP(=O)(O)OCC(CO)OC(=O)CCCCCCC/C=C\C/C=C\CCCCC)OC(=O)CCCCCCCCC/C=C\CCCCCCCC. The summed E-state index contributed by atoms with van der Waals surface area (Å²) < 4.78 is 39.5. The smallest absolute Gasteiger partial charge is 0.462 e. The number of phosphoric acid groups is 1. The number of aliphatic hydroxyl groups excluding tert-OH is 1. The van der Waals surface area contributed by atoms with E-state index in [9.17, 15) is 28.9 Å². The van der Waals surface area contributed by atoms with Crippen molar-refractivity contribution in [2.75, 3.05) is 26.4 Å². The molecule has 0 aliphatic rings. The second kappa shape index (κ2) is 56.1. The van der Waals surface area contributed by atoms with E-state index >= 15 is 0 Å². The zero-order chi connectivity index (χ0) is 54.1. The third kappa shape index (κ3) is 53.7. The van der Waals surface area contributed by atoms with Crippen molar-refractivity contribution in [3.05, 3.63) is 72.9 Å². The van der Waals surface area contributed by atoms with Gasteiger partial charge in [-0.3, -0.25) is 23.4 Å². The Morgan fingerprint density at radius 2 is 0.703 bits per heavy atom. The number of rotatable bonds is 55. The number of hydrogen-bond acceptors (Lipinski definition) is 10. The molecule has 0 saturated heterocycles. The van der Waals surface area contributed by atoms with Crippen LogP contribution in [0.4, 0.5) is 0 Å². The molecule has 2 N–H and O–H groups in total. The van der Waals surface area contributed by atoms with Gasteiger partial charge in [-0.1, -0.05) is 209 Å². The van der Waals surface area contributed by atoms with Crippen molar-refractivity contribution in [1.82, 2.24) is 0 Å². The minimum atomic E-state index is -4.76. The zero-order valence-corrected chi connectivity index (χ0v) is 48.2. The van der Waals surface area contributed by atoms with Crippen molar-refractivity contribution in [2.45, 2.75) is 277 Å². The van der Waals surface area contributed by atoms with E-state index in [1.807, 2.05) is 0 Å². The highest BCUT2D eigenvalue weighted by atomic mass is 31.2. The summed E-state index contributed by atoms with van der Waals surface area (Å²) in [7, 11) is -4.76. The predicted molar refractivity (Wildman–Crippen MR) is 307 cm³/mol. The number of aliphatic hydroxyl groups is 1. The van der Waals surface area contributed by atoms with E-state index < -0.39 is 57.8 Å². The minimum Gasteiger partial charge on any atom is -0.462 e. The molecule has 0 spiro atoms. The molecule has 0 aliphatic heterocycles. The van der Waals surface area contributed by atoms with Gasteiger partial charge < -0.3 is 24.2 Å². The van der Waals surface area contributed by atoms with Crippen LogP contribution in [0.2, 0.25) is 0 Å². The third-order valence-electron chi connectivity index (χ3n) is 12.6. The Kier molecular flexibility index (Phi) is 53.8. The van der Waals surface area contributed by atoms with Crippen LogP contribution in [0, 0.1) is 0 Å². The van der Waals surface area contributed by atoms with Gasteiger partial charge in [0, 0.05) is 19.3 Å². The molecule has 3 atom stereocenters. The standard InChI is InChI=1S/C62H109O11P/c1-4-7-10-13-16-19-22-25-28-29-32-35-38-41-44-47-50-53-62(66)73-59(55-69-60(64)51-48-45-42-39-36-33-30-26-23-20-17-14-11-8-5-2)57-71-74(67,68)70-56-58(54-63)72-61(65)52-49-46-43-40-37-34-31-27-24-21-18-15-12-9-6-3/h8,11,17-18,20-21,25-28,30-31,58-59,63H,4-7,9-10,12-16,19,22-24,29,32-57H2,1-3H3,(H,67,68)/b11-8-,20-17-,21-18-,28-25-,30-26-,31-27-. The maximum absolute atomic E-state index is 12.9. The van der Waals surface area contributed by atoms with Gasteiger partial charge in [-0.05, 0) is 109 Å². The Hall–Kier alpha value is -3.08. The van der Waals surface area contributed by atoms with Gasteiger partial charge in [0.05, 0.1) is 19.8 Å². The van der Waals surface area contributed by atoms with E-state index in [1.54, 1.807) is 0 Å². The van der Waals surface area contributed by atoms with Crippen LogP contribution in [0.25, 0.3) is 0 Å². The first kappa shape index (κ1) is 70.9. The van der Waals surface area contributed by atoms with Gasteiger partial charge in [-0.25, -0.2) is 4.57 Å². The summed E-state index contributed by atoms with van der Waals surface area (Å²) in [5.74, 6) is -1.50. The van der Waals surface area contributed by atoms with Crippen LogP contribution in [0.1, 0.15) is 265 Å². The summed E-state index contributed by atoms with van der Waals surface area (Å²) in [5.41, 5.74) is 0. The fourth-order valence-electron chi connectivity index (χ4n) is 8.04. The lowest BCUT2D eigenvalue weighted by Crippen LogP contribution is -2.30. The molecular formula is C62H109O11P. The molecule has 0 amide bonds. The molecule has 0 heterocycles. The van der Waals surface area contributed by atoms with Crippen molar-refractivity contribution >= 4 is 25.7 Å². The van der Waals surface area contributed by atoms with Crippen molar-refractivity contribution in [1.29, 1.82) is 0 Å².